The molecule has 0 aliphatic heterocycles. The highest BCUT2D eigenvalue weighted by molar-refractivity contribution is 5.82. The van der Waals surface area contributed by atoms with E-state index < -0.39 is 91.9 Å². The first-order chi connectivity index (χ1) is 17.5. The molecule has 210 valence electrons. The fraction of sp³-hybridized carbons (Fsp3) is 0.174. The Bertz CT molecular complexity index is 1440. The van der Waals surface area contributed by atoms with Crippen LogP contribution in [-0.2, 0) is 24.7 Å². The highest BCUT2D eigenvalue weighted by Crippen LogP contribution is 2.45. The van der Waals surface area contributed by atoms with E-state index in [9.17, 15) is 72.8 Å². The summed E-state index contributed by atoms with van der Waals surface area (Å²) >= 11 is 0. The van der Waals surface area contributed by atoms with Crippen molar-refractivity contribution in [3.63, 3.8) is 0 Å². The molecule has 0 spiro atoms. The van der Waals surface area contributed by atoms with E-state index in [1.54, 1.807) is 0 Å². The van der Waals surface area contributed by atoms with Crippen molar-refractivity contribution in [2.75, 3.05) is 0 Å². The molecule has 4 nitrogen and oxygen atoms in total. The Morgan fingerprint density at radius 2 is 0.692 bits per heavy atom. The van der Waals surface area contributed by atoms with Gasteiger partial charge in [-0.1, -0.05) is 0 Å². The summed E-state index contributed by atoms with van der Waals surface area (Å²) in [6, 6.07) is -0.505. The SMILES string of the molecule is O=c1c(O)c(-c2cc(C(F)(F)F)cc(C(F)(F)F)c2)cc(-c2cc(C(F)(F)F)cc(C(F)(F)F)c2)c(O)c1O. The monoisotopic (exact) mass is 578 g/mol. The zero-order valence-electron chi connectivity index (χ0n) is 18.3. The maximum Gasteiger partial charge on any atom is 0.416 e. The first-order valence-electron chi connectivity index (χ1n) is 9.93. The van der Waals surface area contributed by atoms with Gasteiger partial charge >= 0.3 is 24.7 Å². The summed E-state index contributed by atoms with van der Waals surface area (Å²) in [5, 5.41) is 30.5. The smallest absolute Gasteiger partial charge is 0.416 e. The van der Waals surface area contributed by atoms with Crippen molar-refractivity contribution in [3.8, 4) is 39.5 Å². The maximum absolute atomic E-state index is 13.3. The van der Waals surface area contributed by atoms with Gasteiger partial charge in [-0.3, -0.25) is 4.79 Å². The molecule has 0 saturated heterocycles. The van der Waals surface area contributed by atoms with Gasteiger partial charge < -0.3 is 15.3 Å². The number of hydrogen-bond acceptors (Lipinski definition) is 4. The molecule has 0 bridgehead atoms. The van der Waals surface area contributed by atoms with E-state index in [0.717, 1.165) is 0 Å². The summed E-state index contributed by atoms with van der Waals surface area (Å²) in [7, 11) is 0. The zero-order chi connectivity index (χ0) is 29.9. The topological polar surface area (TPSA) is 77.8 Å². The van der Waals surface area contributed by atoms with Crippen LogP contribution in [0.5, 0.6) is 17.2 Å². The number of benzene rings is 2. The van der Waals surface area contributed by atoms with Crippen LogP contribution in [-0.4, -0.2) is 15.3 Å². The molecule has 0 aromatic heterocycles. The predicted molar refractivity (Wildman–Crippen MR) is 109 cm³/mol. The Kier molecular flexibility index (Phi) is 7.00. The molecule has 0 heterocycles. The molecule has 0 atom stereocenters. The van der Waals surface area contributed by atoms with Gasteiger partial charge in [0.2, 0.25) is 5.75 Å². The van der Waals surface area contributed by atoms with Gasteiger partial charge in [0.15, 0.2) is 11.5 Å². The fourth-order valence-corrected chi connectivity index (χ4v) is 3.41. The molecule has 0 unspecified atom stereocenters. The molecule has 0 aliphatic rings. The average Bonchev–Trinajstić information content (AvgIpc) is 2.87. The molecule has 3 aromatic rings. The van der Waals surface area contributed by atoms with E-state index >= 15 is 0 Å². The minimum atomic E-state index is -5.43. The lowest BCUT2D eigenvalue weighted by molar-refractivity contribution is -0.144. The zero-order valence-corrected chi connectivity index (χ0v) is 18.3. The van der Waals surface area contributed by atoms with Crippen LogP contribution in [0.2, 0.25) is 0 Å². The number of halogens is 12. The third-order valence-corrected chi connectivity index (χ3v) is 5.25. The van der Waals surface area contributed by atoms with Crippen LogP contribution in [0.4, 0.5) is 52.7 Å². The first kappa shape index (κ1) is 29.4. The summed E-state index contributed by atoms with van der Waals surface area (Å²) in [6.07, 6.45) is -21.7. The van der Waals surface area contributed by atoms with Gasteiger partial charge in [-0.2, -0.15) is 52.7 Å². The normalized spacial score (nSPS) is 13.0. The van der Waals surface area contributed by atoms with E-state index in [1.807, 2.05) is 0 Å². The number of alkyl halides is 12. The van der Waals surface area contributed by atoms with Crippen molar-refractivity contribution in [2.45, 2.75) is 24.7 Å². The summed E-state index contributed by atoms with van der Waals surface area (Å²) in [6.45, 7) is 0. The van der Waals surface area contributed by atoms with E-state index in [1.165, 1.54) is 0 Å². The molecule has 3 aromatic carbocycles. The second-order valence-electron chi connectivity index (χ2n) is 7.94. The number of hydrogen-bond donors (Lipinski definition) is 3. The lowest BCUT2D eigenvalue weighted by Crippen LogP contribution is -2.11. The van der Waals surface area contributed by atoms with Crippen LogP contribution in [0.25, 0.3) is 22.3 Å². The Morgan fingerprint density at radius 1 is 0.410 bits per heavy atom. The quantitative estimate of drug-likeness (QED) is 0.274. The maximum atomic E-state index is 13.3. The molecule has 0 radical (unpaired) electrons. The van der Waals surface area contributed by atoms with Gasteiger partial charge in [-0.15, -0.1) is 0 Å². The number of rotatable bonds is 2. The van der Waals surface area contributed by atoms with Crippen LogP contribution in [0.1, 0.15) is 22.3 Å². The minimum Gasteiger partial charge on any atom is -0.504 e. The van der Waals surface area contributed by atoms with Crippen LogP contribution < -0.4 is 5.43 Å². The van der Waals surface area contributed by atoms with Crippen molar-refractivity contribution in [2.24, 2.45) is 0 Å². The van der Waals surface area contributed by atoms with E-state index in [-0.39, 0.29) is 42.5 Å². The van der Waals surface area contributed by atoms with Gasteiger partial charge in [0.25, 0.3) is 5.43 Å². The summed E-state index contributed by atoms with van der Waals surface area (Å²) in [5.74, 6) is -5.37. The second kappa shape index (κ2) is 9.27. The standard InChI is InChI=1S/C23H10F12O4/c24-20(25,26)10-1-8(2-11(5-10)21(27,28)29)14-7-15(17(37)19(39)18(38)16(14)36)9-3-12(22(30,31)32)6-13(4-9)23(33,34)35/h1-7H,(H3,36,37,38,39). The molecule has 3 N–H and O–H groups in total. The first-order valence-corrected chi connectivity index (χ1v) is 9.93. The molecular formula is C23H10F12O4. The van der Waals surface area contributed by atoms with Crippen molar-refractivity contribution >= 4 is 0 Å². The molecule has 3 rings (SSSR count). The van der Waals surface area contributed by atoms with Crippen LogP contribution in [0.3, 0.4) is 0 Å². The van der Waals surface area contributed by atoms with Gasteiger partial charge in [0.1, 0.15) is 0 Å². The Balaban J connectivity index is 2.52. The fourth-order valence-electron chi connectivity index (χ4n) is 3.41. The van der Waals surface area contributed by atoms with Crippen molar-refractivity contribution in [1.29, 1.82) is 0 Å². The Labute approximate surface area is 208 Å². The van der Waals surface area contributed by atoms with E-state index in [0.29, 0.717) is 0 Å². The molecule has 16 heteroatoms. The largest absolute Gasteiger partial charge is 0.504 e. The predicted octanol–water partition coefficient (Wildman–Crippen LogP) is 7.57. The average molecular weight is 578 g/mol. The van der Waals surface area contributed by atoms with Gasteiger partial charge in [-0.05, 0) is 53.6 Å². The minimum absolute atomic E-state index is 0.00230. The van der Waals surface area contributed by atoms with Gasteiger partial charge in [0.05, 0.1) is 22.3 Å². The van der Waals surface area contributed by atoms with Crippen LogP contribution in [0, 0.1) is 0 Å². The summed E-state index contributed by atoms with van der Waals surface area (Å²) in [4.78, 5) is 12.3. The molecule has 0 saturated carbocycles. The highest BCUT2D eigenvalue weighted by Gasteiger charge is 2.39. The second-order valence-corrected chi connectivity index (χ2v) is 7.94. The molecule has 39 heavy (non-hydrogen) atoms. The van der Waals surface area contributed by atoms with Crippen LogP contribution >= 0.6 is 0 Å². The van der Waals surface area contributed by atoms with Crippen molar-refractivity contribution in [3.05, 3.63) is 74.9 Å². The van der Waals surface area contributed by atoms with Gasteiger partial charge in [0, 0.05) is 11.1 Å². The molecule has 0 fully saturated rings. The summed E-state index contributed by atoms with van der Waals surface area (Å²) in [5.41, 5.74) is -14.9. The third kappa shape index (κ3) is 5.98. The molecular weight excluding hydrogens is 568 g/mol. The lowest BCUT2D eigenvalue weighted by Gasteiger charge is -2.15. The van der Waals surface area contributed by atoms with Crippen LogP contribution in [0.15, 0.2) is 47.3 Å². The van der Waals surface area contributed by atoms with E-state index in [4.69, 9.17) is 0 Å². The van der Waals surface area contributed by atoms with Crippen molar-refractivity contribution in [1.82, 2.24) is 0 Å². The lowest BCUT2D eigenvalue weighted by atomic mass is 9.95. The highest BCUT2D eigenvalue weighted by atomic mass is 19.4. The Hall–Kier alpha value is -4.11. The third-order valence-electron chi connectivity index (χ3n) is 5.25. The number of aromatic hydroxyl groups is 3. The molecule has 0 amide bonds. The summed E-state index contributed by atoms with van der Waals surface area (Å²) < 4.78 is 160. The van der Waals surface area contributed by atoms with Gasteiger partial charge in [-0.25, -0.2) is 0 Å². The molecule has 0 aliphatic carbocycles. The van der Waals surface area contributed by atoms with E-state index in [2.05, 4.69) is 0 Å². The Morgan fingerprint density at radius 3 is 0.974 bits per heavy atom. The van der Waals surface area contributed by atoms with Crippen molar-refractivity contribution < 1.29 is 68.0 Å².